The van der Waals surface area contributed by atoms with E-state index in [4.69, 9.17) is 19.4 Å². The Morgan fingerprint density at radius 1 is 1.17 bits per heavy atom. The number of benzene rings is 1. The number of hydrazine groups is 1. The van der Waals surface area contributed by atoms with Crippen molar-refractivity contribution in [2.45, 2.75) is 105 Å². The number of carbonyl (C=O) groups excluding carboxylic acids is 3. The Morgan fingerprint density at radius 2 is 1.94 bits per heavy atom. The van der Waals surface area contributed by atoms with Gasteiger partial charge in [-0.25, -0.2) is 10.4 Å². The maximum Gasteiger partial charge on any atom is 0.324 e. The summed E-state index contributed by atoms with van der Waals surface area (Å²) in [7, 11) is 1.70. The van der Waals surface area contributed by atoms with Gasteiger partial charge >= 0.3 is 5.97 Å². The van der Waals surface area contributed by atoms with Crippen molar-refractivity contribution in [1.29, 1.82) is 0 Å². The van der Waals surface area contributed by atoms with Gasteiger partial charge in [-0.2, -0.15) is 0 Å². The first-order valence-corrected chi connectivity index (χ1v) is 20.5. The van der Waals surface area contributed by atoms with Crippen molar-refractivity contribution in [3.63, 3.8) is 0 Å². The van der Waals surface area contributed by atoms with Gasteiger partial charge in [-0.3, -0.25) is 24.4 Å². The fourth-order valence-electron chi connectivity index (χ4n) is 8.78. The summed E-state index contributed by atoms with van der Waals surface area (Å²) >= 11 is 1.50. The molecule has 1 saturated heterocycles. The highest BCUT2D eigenvalue weighted by Gasteiger charge is 2.52. The Kier molecular flexibility index (Phi) is 11.0. The van der Waals surface area contributed by atoms with Crippen LogP contribution < -0.4 is 10.7 Å². The lowest BCUT2D eigenvalue weighted by Crippen LogP contribution is -2.60. The number of hydrogen-bond acceptors (Lipinski definition) is 9. The molecule has 2 fully saturated rings. The SMILES string of the molecule is CC[C@@H]1C(C(=O)N[C@H]2Cc3nc(cs3)-c3ccc4c(c3)c(c(-c3cccnc3[C@H](C)OC)n4CC)CC(C)(C)COC(=O)[C@@H]3CCCN(N3)C2=O)[C@@H]1CC. The molecule has 1 aromatic carbocycles. The molecule has 1 unspecified atom stereocenters. The van der Waals surface area contributed by atoms with Crippen molar-refractivity contribution >= 4 is 40.0 Å². The normalized spacial score (nSPS) is 24.9. The first-order valence-electron chi connectivity index (χ1n) is 19.6. The van der Waals surface area contributed by atoms with Crippen LogP contribution in [0.15, 0.2) is 41.9 Å². The molecule has 11 nitrogen and oxygen atoms in total. The van der Waals surface area contributed by atoms with E-state index in [1.807, 2.05) is 24.6 Å². The summed E-state index contributed by atoms with van der Waals surface area (Å²) in [5, 5.41) is 8.54. The number of nitrogens with one attached hydrogen (secondary N) is 2. The molecule has 2 amide bonds. The maximum absolute atomic E-state index is 14.2. The van der Waals surface area contributed by atoms with Crippen molar-refractivity contribution in [3.05, 3.63) is 58.2 Å². The number of amides is 2. The van der Waals surface area contributed by atoms with Crippen LogP contribution in [0.5, 0.6) is 0 Å². The van der Waals surface area contributed by atoms with Gasteiger partial charge < -0.3 is 19.4 Å². The number of carbonyl (C=O) groups is 3. The minimum Gasteiger partial charge on any atom is -0.464 e. The minimum atomic E-state index is -0.828. The molecular weight excluding hydrogens is 701 g/mol. The zero-order valence-electron chi connectivity index (χ0n) is 32.6. The van der Waals surface area contributed by atoms with E-state index in [9.17, 15) is 14.4 Å². The quantitative estimate of drug-likeness (QED) is 0.187. The van der Waals surface area contributed by atoms with Crippen LogP contribution in [0.3, 0.4) is 0 Å². The number of cyclic esters (lactones) is 1. The second kappa shape index (κ2) is 15.5. The molecule has 3 aromatic heterocycles. The van der Waals surface area contributed by atoms with Crippen LogP contribution >= 0.6 is 11.3 Å². The van der Waals surface area contributed by atoms with Crippen LogP contribution in [0.1, 0.15) is 89.6 Å². The van der Waals surface area contributed by atoms with Gasteiger partial charge in [-0.05, 0) is 74.8 Å². The molecule has 1 saturated carbocycles. The average molecular weight is 755 g/mol. The first kappa shape index (κ1) is 38.2. The van der Waals surface area contributed by atoms with Crippen LogP contribution in [0.25, 0.3) is 33.4 Å². The molecule has 1 aliphatic carbocycles. The molecule has 4 aromatic rings. The van der Waals surface area contributed by atoms with Crippen LogP contribution in [0.2, 0.25) is 0 Å². The molecule has 12 heteroatoms. The molecule has 0 spiro atoms. The van der Waals surface area contributed by atoms with E-state index in [2.05, 4.69) is 74.2 Å². The van der Waals surface area contributed by atoms with E-state index in [0.29, 0.717) is 37.6 Å². The van der Waals surface area contributed by atoms with Crippen molar-refractivity contribution < 1.29 is 23.9 Å². The molecule has 7 rings (SSSR count). The zero-order valence-corrected chi connectivity index (χ0v) is 33.4. The Labute approximate surface area is 322 Å². The standard InChI is InChI=1S/C42H54N6O5S/c1-8-26-27(9-2)36(26)39(49)45-32-20-35-44-33(22-54-35)25-15-16-34-29(19-25)30(38(47(34)10-3)28-13-11-17-43-37(28)24(4)52-7)21-42(5,6)23-53-41(51)31-14-12-18-48(46-31)40(32)50/h11,13,15-17,19,22,24,26-27,31-32,36,46H,8-10,12,14,18,20-21,23H2,1-7H3,(H,45,49)/t24-,26-,27+,31-,32-,36?/m0/s1. The number of nitrogens with zero attached hydrogens (tertiary/aromatic N) is 4. The zero-order chi connectivity index (χ0) is 38.3. The second-order valence-electron chi connectivity index (χ2n) is 15.9. The summed E-state index contributed by atoms with van der Waals surface area (Å²) in [6.45, 7) is 14.0. The van der Waals surface area contributed by atoms with Crippen molar-refractivity contribution in [2.24, 2.45) is 23.2 Å². The van der Waals surface area contributed by atoms with Gasteiger partial charge in [0.15, 0.2) is 0 Å². The number of methoxy groups -OCH3 is 1. The summed E-state index contributed by atoms with van der Waals surface area (Å²) in [5.41, 5.74) is 9.72. The number of aryl methyl sites for hydroxylation is 1. The third-order valence-corrected chi connectivity index (χ3v) is 12.6. The van der Waals surface area contributed by atoms with E-state index >= 15 is 0 Å². The van der Waals surface area contributed by atoms with Crippen LogP contribution in [0, 0.1) is 23.2 Å². The molecule has 2 N–H and O–H groups in total. The monoisotopic (exact) mass is 754 g/mol. The second-order valence-corrected chi connectivity index (χ2v) is 16.9. The Balaban J connectivity index is 1.33. The number of thiazole rings is 1. The predicted molar refractivity (Wildman–Crippen MR) is 210 cm³/mol. The lowest BCUT2D eigenvalue weighted by molar-refractivity contribution is -0.155. The van der Waals surface area contributed by atoms with Crippen molar-refractivity contribution in [2.75, 3.05) is 20.3 Å². The molecule has 0 radical (unpaired) electrons. The highest BCUT2D eigenvalue weighted by atomic mass is 32.1. The summed E-state index contributed by atoms with van der Waals surface area (Å²) in [4.78, 5) is 51.4. The Bertz CT molecular complexity index is 2030. The fourth-order valence-corrected chi connectivity index (χ4v) is 9.63. The number of fused-ring (bicyclic) bond motifs is 6. The first-order chi connectivity index (χ1) is 26.0. The van der Waals surface area contributed by atoms with Gasteiger partial charge in [-0.15, -0.1) is 11.3 Å². The van der Waals surface area contributed by atoms with E-state index < -0.39 is 17.5 Å². The maximum atomic E-state index is 14.2. The molecule has 6 atom stereocenters. The largest absolute Gasteiger partial charge is 0.464 e. The van der Waals surface area contributed by atoms with Crippen molar-refractivity contribution in [1.82, 2.24) is 30.3 Å². The van der Waals surface area contributed by atoms with Gasteiger partial charge in [0.05, 0.1) is 34.8 Å². The van der Waals surface area contributed by atoms with Crippen LogP contribution in [0.4, 0.5) is 0 Å². The van der Waals surface area contributed by atoms with Crippen LogP contribution in [-0.2, 0) is 43.2 Å². The molecule has 288 valence electrons. The van der Waals surface area contributed by atoms with Crippen molar-refractivity contribution in [3.8, 4) is 22.5 Å². The topological polar surface area (TPSA) is 128 Å². The minimum absolute atomic E-state index is 0.0768. The number of ether oxygens (including phenoxy) is 2. The van der Waals surface area contributed by atoms with Gasteiger partial charge in [0.25, 0.3) is 5.91 Å². The smallest absolute Gasteiger partial charge is 0.324 e. The molecule has 6 bridgehead atoms. The van der Waals surface area contributed by atoms with Gasteiger partial charge in [0.2, 0.25) is 5.91 Å². The highest BCUT2D eigenvalue weighted by molar-refractivity contribution is 7.10. The van der Waals surface area contributed by atoms with E-state index in [1.165, 1.54) is 16.3 Å². The van der Waals surface area contributed by atoms with E-state index in [0.717, 1.165) is 69.1 Å². The number of pyridine rings is 1. The molecule has 5 heterocycles. The van der Waals surface area contributed by atoms with Gasteiger partial charge in [-0.1, -0.05) is 46.6 Å². The van der Waals surface area contributed by atoms with Gasteiger partial charge in [0, 0.05) is 71.6 Å². The third kappa shape index (κ3) is 7.32. The molecule has 3 aliphatic rings. The number of aromatic nitrogens is 3. The molecule has 54 heavy (non-hydrogen) atoms. The Hall–Kier alpha value is -4.13. The number of hydrogen-bond donors (Lipinski definition) is 2. The van der Waals surface area contributed by atoms with Crippen LogP contribution in [-0.4, -0.2) is 69.7 Å². The summed E-state index contributed by atoms with van der Waals surface area (Å²) in [6.07, 6.45) is 5.52. The number of rotatable bonds is 8. The lowest BCUT2D eigenvalue weighted by atomic mass is 9.84. The summed E-state index contributed by atoms with van der Waals surface area (Å²) in [6, 6.07) is 9.07. The van der Waals surface area contributed by atoms with Gasteiger partial charge in [0.1, 0.15) is 12.1 Å². The number of esters is 1. The predicted octanol–water partition coefficient (Wildman–Crippen LogP) is 6.88. The molecule has 2 aliphatic heterocycles. The highest BCUT2D eigenvalue weighted by Crippen LogP contribution is 2.50. The average Bonchev–Trinajstić information content (AvgIpc) is 3.58. The summed E-state index contributed by atoms with van der Waals surface area (Å²) < 4.78 is 14.2. The molecular formula is C42H54N6O5S. The fraction of sp³-hybridized carbons (Fsp3) is 0.548. The van der Waals surface area contributed by atoms with E-state index in [1.54, 1.807) is 7.11 Å². The summed E-state index contributed by atoms with van der Waals surface area (Å²) in [5.74, 6) is -0.144. The lowest BCUT2D eigenvalue weighted by Gasteiger charge is -2.35. The Morgan fingerprint density at radius 3 is 2.67 bits per heavy atom. The third-order valence-electron chi connectivity index (χ3n) is 11.7. The van der Waals surface area contributed by atoms with E-state index in [-0.39, 0.29) is 42.8 Å².